The summed E-state index contributed by atoms with van der Waals surface area (Å²) in [5.74, 6) is 0.0401. The lowest BCUT2D eigenvalue weighted by Gasteiger charge is -2.40. The number of hydrogen-bond donors (Lipinski definition) is 0. The molecule has 46 heavy (non-hydrogen) atoms. The van der Waals surface area contributed by atoms with Gasteiger partial charge in [0.1, 0.15) is 5.60 Å². The van der Waals surface area contributed by atoms with Crippen LogP contribution in [0.3, 0.4) is 0 Å². The second-order valence-corrected chi connectivity index (χ2v) is 13.9. The number of rotatable bonds is 9. The Morgan fingerprint density at radius 2 is 1.87 bits per heavy atom. The Balaban J connectivity index is 1.36. The lowest BCUT2D eigenvalue weighted by atomic mass is 9.81. The number of fused-ring (bicyclic) bond motifs is 2. The van der Waals surface area contributed by atoms with E-state index < -0.39 is 17.5 Å². The average molecular weight is 633 g/mol. The first kappa shape index (κ1) is 32.0. The lowest BCUT2D eigenvalue weighted by molar-refractivity contribution is 0.0585. The van der Waals surface area contributed by atoms with Crippen LogP contribution in [0.1, 0.15) is 99.1 Å². The van der Waals surface area contributed by atoms with E-state index in [1.807, 2.05) is 56.3 Å². The molecule has 3 aliphatic rings. The van der Waals surface area contributed by atoms with E-state index in [1.54, 1.807) is 19.3 Å². The molecule has 0 radical (unpaired) electrons. The Labute approximate surface area is 270 Å². The summed E-state index contributed by atoms with van der Waals surface area (Å²) in [5, 5.41) is 0. The second-order valence-electron chi connectivity index (χ2n) is 13.9. The van der Waals surface area contributed by atoms with E-state index in [4.69, 9.17) is 9.47 Å². The first-order chi connectivity index (χ1) is 21.9. The number of imidazole rings is 1. The highest BCUT2D eigenvalue weighted by molar-refractivity contribution is 5.99. The van der Waals surface area contributed by atoms with Crippen LogP contribution in [0.25, 0.3) is 0 Å². The van der Waals surface area contributed by atoms with Crippen LogP contribution < -0.4 is 9.64 Å². The summed E-state index contributed by atoms with van der Waals surface area (Å²) in [7, 11) is 1.65. The van der Waals surface area contributed by atoms with E-state index in [9.17, 15) is 14.0 Å². The van der Waals surface area contributed by atoms with Gasteiger partial charge >= 0.3 is 6.09 Å². The van der Waals surface area contributed by atoms with E-state index in [1.165, 1.54) is 35.1 Å². The number of likely N-dealkylation sites (tertiary alicyclic amines) is 1. The summed E-state index contributed by atoms with van der Waals surface area (Å²) in [6.45, 7) is 13.5. The topological polar surface area (TPSA) is 93.0 Å². The van der Waals surface area contributed by atoms with Gasteiger partial charge in [-0.2, -0.15) is 0 Å². The van der Waals surface area contributed by atoms with Crippen molar-refractivity contribution in [1.82, 2.24) is 24.3 Å². The largest absolute Gasteiger partial charge is 0.491 e. The minimum absolute atomic E-state index is 0.0506. The molecule has 1 aromatic carbocycles. The van der Waals surface area contributed by atoms with Crippen molar-refractivity contribution in [2.75, 3.05) is 38.2 Å². The molecule has 2 aliphatic heterocycles. The van der Waals surface area contributed by atoms with E-state index in [0.29, 0.717) is 31.3 Å². The van der Waals surface area contributed by atoms with E-state index in [2.05, 4.69) is 20.9 Å². The van der Waals surface area contributed by atoms with Gasteiger partial charge in [-0.1, -0.05) is 6.07 Å². The molecule has 2 fully saturated rings. The number of ether oxygens (including phenoxy) is 2. The van der Waals surface area contributed by atoms with Crippen LogP contribution in [0.2, 0.25) is 0 Å². The van der Waals surface area contributed by atoms with Crippen molar-refractivity contribution >= 4 is 17.9 Å². The Bertz CT molecular complexity index is 1620. The average Bonchev–Trinajstić information content (AvgIpc) is 3.33. The normalized spacial score (nSPS) is 18.1. The van der Waals surface area contributed by atoms with Crippen LogP contribution in [0, 0.1) is 5.82 Å². The lowest BCUT2D eigenvalue weighted by Crippen LogP contribution is -2.45. The first-order valence-corrected chi connectivity index (χ1v) is 16.3. The van der Waals surface area contributed by atoms with Gasteiger partial charge in [-0.25, -0.2) is 14.2 Å². The van der Waals surface area contributed by atoms with Crippen LogP contribution in [-0.4, -0.2) is 75.2 Å². The van der Waals surface area contributed by atoms with Gasteiger partial charge in [0.2, 0.25) is 5.95 Å². The number of anilines is 1. The predicted octanol–water partition coefficient (Wildman–Crippen LogP) is 6.08. The zero-order chi connectivity index (χ0) is 32.8. The highest BCUT2D eigenvalue weighted by Crippen LogP contribution is 2.55. The van der Waals surface area contributed by atoms with Crippen molar-refractivity contribution in [2.45, 2.75) is 90.4 Å². The number of nitrogens with zero attached hydrogens (tertiary/aromatic N) is 6. The first-order valence-electron chi connectivity index (χ1n) is 16.3. The molecule has 2 aromatic heterocycles. The molecule has 4 heterocycles. The molecule has 246 valence electrons. The van der Waals surface area contributed by atoms with Crippen molar-refractivity contribution in [3.05, 3.63) is 70.6 Å². The fourth-order valence-corrected chi connectivity index (χ4v) is 6.89. The number of halogens is 1. The standard InChI is InChI=1S/C35H45FN6O4/c1-7-45-29-18-28(38-19-27(29)36)23(2)42-22-35(10-11-35)30-25(21-40-13-8-9-14-40)16-24(17-26(30)31(42)43)20-41-15-12-37-32(41)39(6)33(44)46-34(3,4)5/h12,15-19,23H,7-11,13-14,20-22H2,1-6H3. The van der Waals surface area contributed by atoms with Gasteiger partial charge in [-0.05, 0) is 96.1 Å². The second kappa shape index (κ2) is 12.3. The third-order valence-corrected chi connectivity index (χ3v) is 9.27. The van der Waals surface area contributed by atoms with E-state index >= 15 is 0 Å². The van der Waals surface area contributed by atoms with Crippen LogP contribution in [0.5, 0.6) is 5.75 Å². The number of hydrogen-bond acceptors (Lipinski definition) is 7. The van der Waals surface area contributed by atoms with Crippen LogP contribution in [0.15, 0.2) is 36.8 Å². The molecular weight excluding hydrogens is 587 g/mol. The molecule has 0 N–H and O–H groups in total. The van der Waals surface area contributed by atoms with Gasteiger partial charge in [0.05, 0.1) is 31.1 Å². The number of amides is 2. The van der Waals surface area contributed by atoms with E-state index in [0.717, 1.165) is 43.6 Å². The van der Waals surface area contributed by atoms with Gasteiger partial charge in [-0.15, -0.1) is 0 Å². The minimum Gasteiger partial charge on any atom is -0.491 e. The number of carbonyl (C=O) groups excluding carboxylic acids is 2. The van der Waals surface area contributed by atoms with Gasteiger partial charge in [0, 0.05) is 49.6 Å². The van der Waals surface area contributed by atoms with Gasteiger partial charge in [0.25, 0.3) is 5.91 Å². The van der Waals surface area contributed by atoms with Gasteiger partial charge in [0.15, 0.2) is 11.6 Å². The summed E-state index contributed by atoms with van der Waals surface area (Å²) >= 11 is 0. The maximum Gasteiger partial charge on any atom is 0.416 e. The van der Waals surface area contributed by atoms with E-state index in [-0.39, 0.29) is 23.1 Å². The molecule has 0 bridgehead atoms. The molecule has 1 saturated heterocycles. The summed E-state index contributed by atoms with van der Waals surface area (Å²) in [4.78, 5) is 41.9. The molecule has 1 aliphatic carbocycles. The number of aromatic nitrogens is 3. The smallest absolute Gasteiger partial charge is 0.416 e. The molecule has 11 heteroatoms. The van der Waals surface area contributed by atoms with Crippen LogP contribution in [-0.2, 0) is 23.2 Å². The summed E-state index contributed by atoms with van der Waals surface area (Å²) in [6.07, 6.45) is 8.58. The van der Waals surface area contributed by atoms with Gasteiger partial charge in [-0.3, -0.25) is 19.6 Å². The molecule has 1 spiro atoms. The predicted molar refractivity (Wildman–Crippen MR) is 173 cm³/mol. The molecule has 1 unspecified atom stereocenters. The van der Waals surface area contributed by atoms with Crippen molar-refractivity contribution in [1.29, 1.82) is 0 Å². The molecule has 2 amide bonds. The molecule has 10 nitrogen and oxygen atoms in total. The molecule has 1 atom stereocenters. The Morgan fingerprint density at radius 3 is 2.54 bits per heavy atom. The van der Waals surface area contributed by atoms with Crippen molar-refractivity contribution in [3.63, 3.8) is 0 Å². The fraction of sp³-hybridized carbons (Fsp3) is 0.543. The zero-order valence-electron chi connectivity index (χ0n) is 27.8. The summed E-state index contributed by atoms with van der Waals surface area (Å²) < 4.78 is 27.4. The highest BCUT2D eigenvalue weighted by Gasteiger charge is 2.53. The number of carbonyl (C=O) groups is 2. The van der Waals surface area contributed by atoms with Crippen molar-refractivity contribution < 1.29 is 23.5 Å². The quantitative estimate of drug-likeness (QED) is 0.282. The Hall–Kier alpha value is -3.99. The summed E-state index contributed by atoms with van der Waals surface area (Å²) in [6, 6.07) is 5.51. The molecule has 3 aromatic rings. The molecular formula is C35H45FN6O4. The SMILES string of the molecule is CCOc1cc(C(C)N2CC3(CC3)c3c(CN4CCCC4)cc(Cn4ccnc4N(C)C(=O)OC(C)(C)C)cc3C2=O)ncc1F. The van der Waals surface area contributed by atoms with Crippen molar-refractivity contribution in [2.24, 2.45) is 0 Å². The van der Waals surface area contributed by atoms with Crippen LogP contribution >= 0.6 is 0 Å². The number of pyridine rings is 1. The zero-order valence-corrected chi connectivity index (χ0v) is 27.8. The van der Waals surface area contributed by atoms with Gasteiger partial charge < -0.3 is 18.9 Å². The summed E-state index contributed by atoms with van der Waals surface area (Å²) in [5.41, 5.74) is 3.91. The minimum atomic E-state index is -0.637. The van der Waals surface area contributed by atoms with Crippen LogP contribution in [0.4, 0.5) is 15.1 Å². The maximum absolute atomic E-state index is 14.5. The fourth-order valence-electron chi connectivity index (χ4n) is 6.89. The molecule has 1 saturated carbocycles. The van der Waals surface area contributed by atoms with Crippen molar-refractivity contribution in [3.8, 4) is 5.75 Å². The highest BCUT2D eigenvalue weighted by atomic mass is 19.1. The Kier molecular flexibility index (Phi) is 8.56. The third kappa shape index (κ3) is 6.34. The number of benzene rings is 1. The third-order valence-electron chi connectivity index (χ3n) is 9.27. The monoisotopic (exact) mass is 632 g/mol. The molecule has 6 rings (SSSR count). The maximum atomic E-state index is 14.5. The Morgan fingerprint density at radius 1 is 1.13 bits per heavy atom.